The van der Waals surface area contributed by atoms with E-state index in [4.69, 9.17) is 4.74 Å². The van der Waals surface area contributed by atoms with Crippen LogP contribution in [0.2, 0.25) is 0 Å². The number of carbonyl (C=O) groups excluding carboxylic acids is 2. The van der Waals surface area contributed by atoms with Gasteiger partial charge in [0.2, 0.25) is 0 Å². The van der Waals surface area contributed by atoms with Gasteiger partial charge in [0.1, 0.15) is 0 Å². The Morgan fingerprint density at radius 2 is 1.62 bits per heavy atom. The number of amides is 1. The summed E-state index contributed by atoms with van der Waals surface area (Å²) < 4.78 is 31.7. The number of hydrogen-bond donors (Lipinski definition) is 2. The molecule has 0 heterocycles. The van der Waals surface area contributed by atoms with Gasteiger partial charge in [0.15, 0.2) is 6.61 Å². The number of likely N-dealkylation sites (N-methyl/N-ethyl adjacent to an activating group) is 1. The van der Waals surface area contributed by atoms with Crippen molar-refractivity contribution >= 4 is 27.6 Å². The number of benzene rings is 2. The lowest BCUT2D eigenvalue weighted by Crippen LogP contribution is -2.25. The quantitative estimate of drug-likeness (QED) is 0.768. The zero-order valence-electron chi connectivity index (χ0n) is 12.9. The lowest BCUT2D eigenvalue weighted by Gasteiger charge is -2.08. The van der Waals surface area contributed by atoms with Gasteiger partial charge in [-0.2, -0.15) is 0 Å². The number of nitrogens with one attached hydrogen (secondary N) is 2. The maximum atomic E-state index is 12.3. The molecule has 0 fully saturated rings. The van der Waals surface area contributed by atoms with Gasteiger partial charge in [-0.15, -0.1) is 0 Å². The normalized spacial score (nSPS) is 10.7. The second-order valence-electron chi connectivity index (χ2n) is 4.75. The number of sulfonamides is 1. The van der Waals surface area contributed by atoms with E-state index in [0.29, 0.717) is 5.69 Å². The summed E-state index contributed by atoms with van der Waals surface area (Å²) in [6.07, 6.45) is 0. The third-order valence-corrected chi connectivity index (χ3v) is 4.44. The Hall–Kier alpha value is -2.87. The van der Waals surface area contributed by atoms with Gasteiger partial charge in [-0.05, 0) is 36.4 Å². The van der Waals surface area contributed by atoms with Crippen molar-refractivity contribution in [1.82, 2.24) is 5.32 Å². The predicted molar refractivity (Wildman–Crippen MR) is 88.0 cm³/mol. The van der Waals surface area contributed by atoms with Crippen LogP contribution in [0.15, 0.2) is 59.5 Å². The van der Waals surface area contributed by atoms with E-state index < -0.39 is 28.5 Å². The Labute approximate surface area is 139 Å². The van der Waals surface area contributed by atoms with E-state index in [1.807, 2.05) is 0 Å². The molecule has 0 aromatic heterocycles. The molecule has 0 atom stereocenters. The monoisotopic (exact) mass is 348 g/mol. The standard InChI is InChI=1S/C16H16N2O5S/c1-17-15(19)11-23-16(20)12-7-9-14(10-8-12)24(21,22)18-13-5-3-2-4-6-13/h2-10,18H,11H2,1H3,(H,17,19). The molecule has 2 aromatic carbocycles. The first-order valence-electron chi connectivity index (χ1n) is 6.98. The van der Waals surface area contributed by atoms with E-state index in [9.17, 15) is 18.0 Å². The van der Waals surface area contributed by atoms with Crippen molar-refractivity contribution in [2.24, 2.45) is 0 Å². The van der Waals surface area contributed by atoms with E-state index in [0.717, 1.165) is 0 Å². The van der Waals surface area contributed by atoms with Crippen LogP contribution in [-0.4, -0.2) is 33.9 Å². The SMILES string of the molecule is CNC(=O)COC(=O)c1ccc(S(=O)(=O)Nc2ccccc2)cc1. The highest BCUT2D eigenvalue weighted by Crippen LogP contribution is 2.16. The molecule has 0 saturated heterocycles. The molecule has 0 bridgehead atoms. The third-order valence-electron chi connectivity index (χ3n) is 3.04. The second kappa shape index (κ2) is 7.60. The zero-order valence-corrected chi connectivity index (χ0v) is 13.7. The van der Waals surface area contributed by atoms with Crippen LogP contribution < -0.4 is 10.0 Å². The first kappa shape index (κ1) is 17.5. The van der Waals surface area contributed by atoms with Crippen LogP contribution in [0.25, 0.3) is 0 Å². The molecule has 2 N–H and O–H groups in total. The summed E-state index contributed by atoms with van der Waals surface area (Å²) in [6.45, 7) is -0.398. The zero-order chi connectivity index (χ0) is 17.6. The van der Waals surface area contributed by atoms with Gasteiger partial charge in [-0.3, -0.25) is 9.52 Å². The molecule has 0 aliphatic carbocycles. The minimum atomic E-state index is -3.75. The maximum absolute atomic E-state index is 12.3. The Kier molecular flexibility index (Phi) is 5.54. The molecule has 0 spiro atoms. The van der Waals surface area contributed by atoms with Crippen molar-refractivity contribution in [3.05, 3.63) is 60.2 Å². The van der Waals surface area contributed by atoms with Crippen molar-refractivity contribution in [2.45, 2.75) is 4.90 Å². The largest absolute Gasteiger partial charge is 0.452 e. The maximum Gasteiger partial charge on any atom is 0.338 e. The molecule has 0 aliphatic heterocycles. The molecular formula is C16H16N2O5S. The van der Waals surface area contributed by atoms with Crippen LogP contribution in [0.4, 0.5) is 5.69 Å². The van der Waals surface area contributed by atoms with E-state index in [1.165, 1.54) is 31.3 Å². The van der Waals surface area contributed by atoms with E-state index >= 15 is 0 Å². The Morgan fingerprint density at radius 3 is 2.21 bits per heavy atom. The topological polar surface area (TPSA) is 102 Å². The molecule has 7 nitrogen and oxygen atoms in total. The van der Waals surface area contributed by atoms with Crippen LogP contribution in [0, 0.1) is 0 Å². The number of para-hydroxylation sites is 1. The highest BCUT2D eigenvalue weighted by Gasteiger charge is 2.16. The van der Waals surface area contributed by atoms with Gasteiger partial charge in [-0.1, -0.05) is 18.2 Å². The summed E-state index contributed by atoms with van der Waals surface area (Å²) in [5.41, 5.74) is 0.587. The van der Waals surface area contributed by atoms with Crippen LogP contribution in [-0.2, 0) is 19.6 Å². The Bertz CT molecular complexity index is 817. The first-order chi connectivity index (χ1) is 11.4. The first-order valence-corrected chi connectivity index (χ1v) is 8.46. The van der Waals surface area contributed by atoms with Gasteiger partial charge in [-0.25, -0.2) is 13.2 Å². The molecule has 0 unspecified atom stereocenters. The van der Waals surface area contributed by atoms with Gasteiger partial charge in [0, 0.05) is 12.7 Å². The number of anilines is 1. The highest BCUT2D eigenvalue weighted by atomic mass is 32.2. The molecule has 1 amide bonds. The molecule has 8 heteroatoms. The summed E-state index contributed by atoms with van der Waals surface area (Å²) in [5.74, 6) is -1.15. The highest BCUT2D eigenvalue weighted by molar-refractivity contribution is 7.92. The average molecular weight is 348 g/mol. The minimum absolute atomic E-state index is 0.00852. The lowest BCUT2D eigenvalue weighted by atomic mass is 10.2. The van der Waals surface area contributed by atoms with Crippen molar-refractivity contribution in [3.8, 4) is 0 Å². The van der Waals surface area contributed by atoms with Gasteiger partial charge in [0.05, 0.1) is 10.5 Å². The summed E-state index contributed by atoms with van der Waals surface area (Å²) in [4.78, 5) is 22.8. The molecular weight excluding hydrogens is 332 g/mol. The molecule has 24 heavy (non-hydrogen) atoms. The summed E-state index contributed by atoms with van der Waals surface area (Å²) in [6, 6.07) is 13.7. The number of rotatable bonds is 6. The molecule has 0 aliphatic rings. The fraction of sp³-hybridized carbons (Fsp3) is 0.125. The molecule has 0 radical (unpaired) electrons. The fourth-order valence-electron chi connectivity index (χ4n) is 1.78. The fourth-order valence-corrected chi connectivity index (χ4v) is 2.84. The van der Waals surface area contributed by atoms with E-state index in [1.54, 1.807) is 30.3 Å². The smallest absolute Gasteiger partial charge is 0.338 e. The van der Waals surface area contributed by atoms with E-state index in [-0.39, 0.29) is 10.5 Å². The van der Waals surface area contributed by atoms with Crippen LogP contribution in [0.5, 0.6) is 0 Å². The van der Waals surface area contributed by atoms with Gasteiger partial charge >= 0.3 is 5.97 Å². The van der Waals surface area contributed by atoms with Crippen molar-refractivity contribution in [1.29, 1.82) is 0 Å². The van der Waals surface area contributed by atoms with E-state index in [2.05, 4.69) is 10.0 Å². The van der Waals surface area contributed by atoms with Crippen LogP contribution in [0.1, 0.15) is 10.4 Å². The number of ether oxygens (including phenoxy) is 1. The third kappa shape index (κ3) is 4.56. The Morgan fingerprint density at radius 1 is 1.00 bits per heavy atom. The van der Waals surface area contributed by atoms with Gasteiger partial charge in [0.25, 0.3) is 15.9 Å². The van der Waals surface area contributed by atoms with Crippen LogP contribution >= 0.6 is 0 Å². The predicted octanol–water partition coefficient (Wildman–Crippen LogP) is 1.39. The number of hydrogen-bond acceptors (Lipinski definition) is 5. The van der Waals surface area contributed by atoms with Crippen molar-refractivity contribution in [2.75, 3.05) is 18.4 Å². The Balaban J connectivity index is 2.08. The average Bonchev–Trinajstić information content (AvgIpc) is 2.60. The van der Waals surface area contributed by atoms with Gasteiger partial charge < -0.3 is 10.1 Å². The second-order valence-corrected chi connectivity index (χ2v) is 6.43. The molecule has 2 rings (SSSR count). The molecule has 2 aromatic rings. The molecule has 126 valence electrons. The van der Waals surface area contributed by atoms with Crippen LogP contribution in [0.3, 0.4) is 0 Å². The van der Waals surface area contributed by atoms with Crippen molar-refractivity contribution in [3.63, 3.8) is 0 Å². The van der Waals surface area contributed by atoms with Crippen molar-refractivity contribution < 1.29 is 22.7 Å². The number of carbonyl (C=O) groups is 2. The molecule has 0 saturated carbocycles. The summed E-state index contributed by atoms with van der Waals surface area (Å²) in [5, 5.41) is 2.32. The summed E-state index contributed by atoms with van der Waals surface area (Å²) >= 11 is 0. The lowest BCUT2D eigenvalue weighted by molar-refractivity contribution is -0.123. The summed E-state index contributed by atoms with van der Waals surface area (Å²) in [7, 11) is -2.33. The minimum Gasteiger partial charge on any atom is -0.452 e. The number of esters is 1.